The van der Waals surface area contributed by atoms with Crippen LogP contribution in [0.5, 0.6) is 0 Å². The number of amides is 1. The molecule has 3 nitrogen and oxygen atoms in total. The van der Waals surface area contributed by atoms with E-state index < -0.39 is 23.9 Å². The Morgan fingerprint density at radius 2 is 2.00 bits per heavy atom. The largest absolute Gasteiger partial charge is 0.433 e. The molecule has 110 valence electrons. The van der Waals surface area contributed by atoms with Crippen molar-refractivity contribution in [1.82, 2.24) is 4.98 Å². The molecule has 0 atom stereocenters. The number of pyridine rings is 1. The van der Waals surface area contributed by atoms with Crippen LogP contribution >= 0.6 is 0 Å². The van der Waals surface area contributed by atoms with Gasteiger partial charge in [-0.05, 0) is 31.1 Å². The third-order valence-corrected chi connectivity index (χ3v) is 2.21. The van der Waals surface area contributed by atoms with Gasteiger partial charge in [0.1, 0.15) is 11.5 Å². The number of carbonyl (C=O) groups is 1. The zero-order valence-corrected chi connectivity index (χ0v) is 10.2. The van der Waals surface area contributed by atoms with Gasteiger partial charge < -0.3 is 5.32 Å². The fourth-order valence-electron chi connectivity index (χ4n) is 1.34. The van der Waals surface area contributed by atoms with Gasteiger partial charge in [-0.2, -0.15) is 22.0 Å². The van der Waals surface area contributed by atoms with Gasteiger partial charge in [-0.1, -0.05) is 6.07 Å². The Morgan fingerprint density at radius 1 is 1.30 bits per heavy atom. The van der Waals surface area contributed by atoms with Crippen LogP contribution in [0.3, 0.4) is 0 Å². The van der Waals surface area contributed by atoms with Crippen LogP contribution in [0.4, 0.5) is 27.8 Å². The highest BCUT2D eigenvalue weighted by Crippen LogP contribution is 2.28. The van der Waals surface area contributed by atoms with Crippen LogP contribution in [-0.2, 0) is 11.0 Å². The molecule has 0 aliphatic carbocycles. The van der Waals surface area contributed by atoms with Crippen LogP contribution < -0.4 is 5.32 Å². The Hall–Kier alpha value is -1.99. The molecule has 1 heterocycles. The van der Waals surface area contributed by atoms with Gasteiger partial charge in [-0.25, -0.2) is 4.98 Å². The number of unbranched alkanes of at least 4 members (excludes halogenated alkanes) is 1. The number of halogens is 5. The topological polar surface area (TPSA) is 42.0 Å². The van der Waals surface area contributed by atoms with Gasteiger partial charge in [-0.3, -0.25) is 4.79 Å². The van der Waals surface area contributed by atoms with E-state index in [0.29, 0.717) is 6.08 Å². The van der Waals surface area contributed by atoms with Gasteiger partial charge in [-0.15, -0.1) is 0 Å². The Morgan fingerprint density at radius 3 is 2.60 bits per heavy atom. The predicted octanol–water partition coefficient (Wildman–Crippen LogP) is 3.99. The number of carbonyl (C=O) groups excluding carboxylic acids is 1. The highest BCUT2D eigenvalue weighted by molar-refractivity contribution is 5.89. The molecule has 0 aliphatic heterocycles. The van der Waals surface area contributed by atoms with E-state index in [4.69, 9.17) is 0 Å². The van der Waals surface area contributed by atoms with Crippen LogP contribution in [0.2, 0.25) is 0 Å². The second kappa shape index (κ2) is 6.97. The van der Waals surface area contributed by atoms with Crippen molar-refractivity contribution in [2.24, 2.45) is 0 Å². The van der Waals surface area contributed by atoms with Gasteiger partial charge in [0.2, 0.25) is 5.91 Å². The standard InChI is InChI=1S/C12H11F5N2O/c13-9(14)5-1-2-7-11(20)19-10-6-3-4-8(18-10)12(15,16)17/h3-6H,1-2,7H2,(H,18,19,20). The van der Waals surface area contributed by atoms with Crippen LogP contribution in [0.1, 0.15) is 25.0 Å². The molecule has 0 saturated heterocycles. The van der Waals surface area contributed by atoms with Crippen molar-refractivity contribution in [3.63, 3.8) is 0 Å². The maximum atomic E-state index is 12.4. The third kappa shape index (κ3) is 5.77. The highest BCUT2D eigenvalue weighted by atomic mass is 19.4. The Labute approximate surface area is 111 Å². The van der Waals surface area contributed by atoms with Crippen molar-refractivity contribution in [3.8, 4) is 0 Å². The summed E-state index contributed by atoms with van der Waals surface area (Å²) in [4.78, 5) is 14.6. The maximum Gasteiger partial charge on any atom is 0.433 e. The van der Waals surface area contributed by atoms with E-state index in [9.17, 15) is 26.7 Å². The first-order chi connectivity index (χ1) is 9.29. The SMILES string of the molecule is O=C(CCCC=C(F)F)Nc1cccc(C(F)(F)F)n1. The minimum absolute atomic E-state index is 0.0196. The van der Waals surface area contributed by atoms with E-state index in [1.54, 1.807) is 0 Å². The van der Waals surface area contributed by atoms with Crippen LogP contribution in [-0.4, -0.2) is 10.9 Å². The van der Waals surface area contributed by atoms with Crippen molar-refractivity contribution in [2.75, 3.05) is 5.32 Å². The summed E-state index contributed by atoms with van der Waals surface area (Å²) in [6.07, 6.45) is -5.64. The van der Waals surface area contributed by atoms with Gasteiger partial charge in [0.15, 0.2) is 0 Å². The number of hydrogen-bond acceptors (Lipinski definition) is 2. The predicted molar refractivity (Wildman–Crippen MR) is 62.0 cm³/mol. The quantitative estimate of drug-likeness (QED) is 0.659. The summed E-state index contributed by atoms with van der Waals surface area (Å²) in [5, 5.41) is 2.18. The second-order valence-electron chi connectivity index (χ2n) is 3.84. The van der Waals surface area contributed by atoms with Crippen molar-refractivity contribution in [2.45, 2.75) is 25.4 Å². The molecule has 20 heavy (non-hydrogen) atoms. The monoisotopic (exact) mass is 294 g/mol. The second-order valence-corrected chi connectivity index (χ2v) is 3.84. The van der Waals surface area contributed by atoms with Crippen molar-refractivity contribution >= 4 is 11.7 Å². The van der Waals surface area contributed by atoms with E-state index in [2.05, 4.69) is 10.3 Å². The average molecular weight is 294 g/mol. The lowest BCUT2D eigenvalue weighted by molar-refractivity contribution is -0.141. The Kier molecular flexibility index (Phi) is 5.60. The summed E-state index contributed by atoms with van der Waals surface area (Å²) in [5.74, 6) is -0.804. The smallest absolute Gasteiger partial charge is 0.311 e. The fraction of sp³-hybridized carbons (Fsp3) is 0.333. The molecule has 0 saturated carbocycles. The van der Waals surface area contributed by atoms with E-state index in [0.717, 1.165) is 12.1 Å². The fourth-order valence-corrected chi connectivity index (χ4v) is 1.34. The molecule has 1 aromatic heterocycles. The van der Waals surface area contributed by atoms with Crippen LogP contribution in [0.25, 0.3) is 0 Å². The zero-order valence-electron chi connectivity index (χ0n) is 10.2. The molecule has 0 spiro atoms. The molecule has 0 unspecified atom stereocenters. The van der Waals surface area contributed by atoms with Gasteiger partial charge in [0, 0.05) is 6.42 Å². The molecule has 0 fully saturated rings. The number of aromatic nitrogens is 1. The minimum atomic E-state index is -4.59. The molecular formula is C12H11F5N2O. The number of nitrogens with zero attached hydrogens (tertiary/aromatic N) is 1. The van der Waals surface area contributed by atoms with Gasteiger partial charge in [0.25, 0.3) is 6.08 Å². The van der Waals surface area contributed by atoms with Crippen molar-refractivity contribution in [1.29, 1.82) is 0 Å². The summed E-state index contributed by atoms with van der Waals surface area (Å²) in [6.45, 7) is 0. The van der Waals surface area contributed by atoms with Gasteiger partial charge >= 0.3 is 6.18 Å². The van der Waals surface area contributed by atoms with E-state index >= 15 is 0 Å². The molecule has 1 rings (SSSR count). The third-order valence-electron chi connectivity index (χ3n) is 2.21. The summed E-state index contributed by atoms with van der Waals surface area (Å²) in [7, 11) is 0. The molecule has 0 aromatic carbocycles. The Bertz CT molecular complexity index is 495. The molecule has 1 aromatic rings. The van der Waals surface area contributed by atoms with Gasteiger partial charge in [0.05, 0.1) is 0 Å². The number of nitrogens with one attached hydrogen (secondary N) is 1. The van der Waals surface area contributed by atoms with Crippen LogP contribution in [0, 0.1) is 0 Å². The maximum absolute atomic E-state index is 12.4. The summed E-state index contributed by atoms with van der Waals surface area (Å²) < 4.78 is 60.5. The lowest BCUT2D eigenvalue weighted by atomic mass is 10.2. The summed E-state index contributed by atoms with van der Waals surface area (Å²) in [5.41, 5.74) is -1.11. The summed E-state index contributed by atoms with van der Waals surface area (Å²) >= 11 is 0. The lowest BCUT2D eigenvalue weighted by Gasteiger charge is -2.08. The molecule has 0 radical (unpaired) electrons. The first kappa shape index (κ1) is 16.1. The summed E-state index contributed by atoms with van der Waals surface area (Å²) in [6, 6.07) is 3.12. The minimum Gasteiger partial charge on any atom is -0.311 e. The average Bonchev–Trinajstić information content (AvgIpc) is 2.34. The molecular weight excluding hydrogens is 283 g/mol. The molecule has 1 amide bonds. The molecule has 0 bridgehead atoms. The van der Waals surface area contributed by atoms with E-state index in [-0.39, 0.29) is 25.1 Å². The van der Waals surface area contributed by atoms with E-state index in [1.807, 2.05) is 0 Å². The van der Waals surface area contributed by atoms with E-state index in [1.165, 1.54) is 6.07 Å². The number of allylic oxidation sites excluding steroid dienone is 1. The first-order valence-corrected chi connectivity index (χ1v) is 5.64. The lowest BCUT2D eigenvalue weighted by Crippen LogP contribution is -2.14. The molecule has 1 N–H and O–H groups in total. The number of hydrogen-bond donors (Lipinski definition) is 1. The van der Waals surface area contributed by atoms with Crippen molar-refractivity contribution < 1.29 is 26.7 Å². The number of alkyl halides is 3. The highest BCUT2D eigenvalue weighted by Gasteiger charge is 2.32. The zero-order chi connectivity index (χ0) is 15.2. The normalized spacial score (nSPS) is 11.1. The van der Waals surface area contributed by atoms with Crippen molar-refractivity contribution in [3.05, 3.63) is 36.0 Å². The Balaban J connectivity index is 2.52. The molecule has 8 heteroatoms. The van der Waals surface area contributed by atoms with Crippen LogP contribution in [0.15, 0.2) is 30.4 Å². The molecule has 0 aliphatic rings. The number of anilines is 1. The number of rotatable bonds is 5. The first-order valence-electron chi connectivity index (χ1n) is 5.64.